The molecule has 0 amide bonds. The van der Waals surface area contributed by atoms with Crippen LogP contribution in [-0.2, 0) is 9.53 Å². The van der Waals surface area contributed by atoms with E-state index in [4.69, 9.17) is 14.9 Å². The summed E-state index contributed by atoms with van der Waals surface area (Å²) in [6.45, 7) is 6.96. The number of rotatable bonds is 4. The van der Waals surface area contributed by atoms with E-state index < -0.39 is 18.4 Å². The number of ether oxygens (including phenoxy) is 1. The zero-order valence-electron chi connectivity index (χ0n) is 9.07. The minimum absolute atomic E-state index is 0.374. The normalized spacial score (nSPS) is 12.5. The van der Waals surface area contributed by atoms with Gasteiger partial charge in [-0.25, -0.2) is 4.79 Å². The van der Waals surface area contributed by atoms with Crippen LogP contribution in [0.1, 0.15) is 34.1 Å². The van der Waals surface area contributed by atoms with Crippen LogP contribution in [0.25, 0.3) is 0 Å². The van der Waals surface area contributed by atoms with Crippen LogP contribution >= 0.6 is 0 Å². The highest BCUT2D eigenvalue weighted by atomic mass is 16.6. The van der Waals surface area contributed by atoms with E-state index in [0.717, 1.165) is 5.57 Å². The molecule has 0 bridgehead atoms. The molecule has 0 radical (unpaired) electrons. The van der Waals surface area contributed by atoms with Gasteiger partial charge in [0.05, 0.1) is 0 Å². The van der Waals surface area contributed by atoms with E-state index in [-0.39, 0.29) is 0 Å². The van der Waals surface area contributed by atoms with Crippen LogP contribution in [0.5, 0.6) is 0 Å². The zero-order chi connectivity index (χ0) is 11.3. The van der Waals surface area contributed by atoms with Crippen molar-refractivity contribution in [3.05, 3.63) is 11.1 Å². The van der Waals surface area contributed by atoms with E-state index in [9.17, 15) is 4.79 Å². The van der Waals surface area contributed by atoms with Gasteiger partial charge in [-0.15, -0.1) is 0 Å². The average Bonchev–Trinajstić information content (AvgIpc) is 2.11. The number of allylic oxidation sites excluding steroid dienone is 1. The average molecular weight is 202 g/mol. The van der Waals surface area contributed by atoms with Crippen LogP contribution in [-0.4, -0.2) is 28.6 Å². The Bertz CT molecular complexity index is 226. The van der Waals surface area contributed by atoms with Gasteiger partial charge >= 0.3 is 5.97 Å². The molecule has 0 rings (SSSR count). The number of aliphatic hydroxyl groups is 2. The Balaban J connectivity index is 4.38. The van der Waals surface area contributed by atoms with E-state index in [1.54, 1.807) is 27.7 Å². The van der Waals surface area contributed by atoms with Gasteiger partial charge in [0.15, 0.2) is 12.4 Å². The Morgan fingerprint density at radius 1 is 1.29 bits per heavy atom. The minimum atomic E-state index is -1.62. The van der Waals surface area contributed by atoms with Gasteiger partial charge in [0.1, 0.15) is 0 Å². The second kappa shape index (κ2) is 5.78. The first kappa shape index (κ1) is 13.1. The van der Waals surface area contributed by atoms with Crippen molar-refractivity contribution >= 4 is 5.97 Å². The van der Waals surface area contributed by atoms with Gasteiger partial charge in [-0.2, -0.15) is 0 Å². The number of carbonyl (C=O) groups is 1. The molecule has 4 nitrogen and oxygen atoms in total. The summed E-state index contributed by atoms with van der Waals surface area (Å²) in [6, 6.07) is 0. The summed E-state index contributed by atoms with van der Waals surface area (Å²) >= 11 is 0. The summed E-state index contributed by atoms with van der Waals surface area (Å²) in [5.74, 6) is -0.495. The van der Waals surface area contributed by atoms with Crippen LogP contribution in [0, 0.1) is 0 Å². The quantitative estimate of drug-likeness (QED) is 0.405. The fraction of sp³-hybridized carbons (Fsp3) is 0.700. The molecule has 1 atom stereocenters. The van der Waals surface area contributed by atoms with Crippen molar-refractivity contribution in [1.82, 2.24) is 0 Å². The smallest absolute Gasteiger partial charge is 0.334 e. The fourth-order valence-electron chi connectivity index (χ4n) is 0.785. The van der Waals surface area contributed by atoms with Crippen molar-refractivity contribution in [3.8, 4) is 0 Å². The zero-order valence-corrected chi connectivity index (χ0v) is 9.07. The first-order chi connectivity index (χ1) is 6.40. The second-order valence-corrected chi connectivity index (χ2v) is 3.39. The number of hydrogen-bond donors (Lipinski definition) is 2. The van der Waals surface area contributed by atoms with E-state index >= 15 is 0 Å². The molecule has 0 aromatic heterocycles. The standard InChI is InChI=1S/C10H18O4/c1-5-8(9(11)12)14-10(13)7(4)6(2)3/h8-9,11-12H,5H2,1-4H3. The summed E-state index contributed by atoms with van der Waals surface area (Å²) in [5, 5.41) is 17.7. The van der Waals surface area contributed by atoms with Crippen molar-refractivity contribution in [1.29, 1.82) is 0 Å². The largest absolute Gasteiger partial charge is 0.454 e. The van der Waals surface area contributed by atoms with Gasteiger partial charge in [0.25, 0.3) is 0 Å². The van der Waals surface area contributed by atoms with E-state index in [1.807, 2.05) is 0 Å². The molecule has 82 valence electrons. The maximum atomic E-state index is 11.4. The van der Waals surface area contributed by atoms with Gasteiger partial charge in [-0.1, -0.05) is 12.5 Å². The first-order valence-electron chi connectivity index (χ1n) is 4.61. The van der Waals surface area contributed by atoms with Gasteiger partial charge in [0, 0.05) is 5.57 Å². The fourth-order valence-corrected chi connectivity index (χ4v) is 0.785. The lowest BCUT2D eigenvalue weighted by Gasteiger charge is -2.18. The Hall–Kier alpha value is -0.870. The molecule has 0 aliphatic heterocycles. The lowest BCUT2D eigenvalue weighted by molar-refractivity contribution is -0.171. The molecule has 0 aromatic rings. The molecular weight excluding hydrogens is 184 g/mol. The Kier molecular flexibility index (Phi) is 5.42. The lowest BCUT2D eigenvalue weighted by atomic mass is 10.2. The lowest BCUT2D eigenvalue weighted by Crippen LogP contribution is -2.30. The number of hydrogen-bond acceptors (Lipinski definition) is 4. The van der Waals surface area contributed by atoms with Gasteiger partial charge in [-0.05, 0) is 27.2 Å². The summed E-state index contributed by atoms with van der Waals surface area (Å²) in [7, 11) is 0. The molecular formula is C10H18O4. The highest BCUT2D eigenvalue weighted by Crippen LogP contribution is 2.09. The molecule has 0 spiro atoms. The van der Waals surface area contributed by atoms with Crippen LogP contribution in [0.15, 0.2) is 11.1 Å². The highest BCUT2D eigenvalue weighted by molar-refractivity contribution is 5.88. The molecule has 2 N–H and O–H groups in total. The second-order valence-electron chi connectivity index (χ2n) is 3.39. The van der Waals surface area contributed by atoms with E-state index in [2.05, 4.69) is 0 Å². The van der Waals surface area contributed by atoms with Crippen LogP contribution < -0.4 is 0 Å². The first-order valence-corrected chi connectivity index (χ1v) is 4.61. The Morgan fingerprint density at radius 3 is 2.07 bits per heavy atom. The third kappa shape index (κ3) is 3.89. The van der Waals surface area contributed by atoms with Gasteiger partial charge in [0.2, 0.25) is 0 Å². The molecule has 0 aliphatic rings. The predicted octanol–water partition coefficient (Wildman–Crippen LogP) is 0.975. The predicted molar refractivity (Wildman–Crippen MR) is 52.4 cm³/mol. The monoisotopic (exact) mass is 202 g/mol. The van der Waals surface area contributed by atoms with Crippen LogP contribution in [0.4, 0.5) is 0 Å². The molecule has 0 heterocycles. The van der Waals surface area contributed by atoms with Crippen molar-refractivity contribution in [2.75, 3.05) is 0 Å². The molecule has 4 heteroatoms. The molecule has 0 fully saturated rings. The minimum Gasteiger partial charge on any atom is -0.454 e. The number of esters is 1. The summed E-state index contributed by atoms with van der Waals surface area (Å²) in [4.78, 5) is 11.4. The SMILES string of the molecule is CCC(OC(=O)C(C)=C(C)C)C(O)O. The molecule has 14 heavy (non-hydrogen) atoms. The van der Waals surface area contributed by atoms with Crippen molar-refractivity contribution < 1.29 is 19.7 Å². The molecule has 0 saturated carbocycles. The third-order valence-corrected chi connectivity index (χ3v) is 2.05. The van der Waals surface area contributed by atoms with Crippen LogP contribution in [0.3, 0.4) is 0 Å². The molecule has 0 aliphatic carbocycles. The van der Waals surface area contributed by atoms with Gasteiger partial charge < -0.3 is 14.9 Å². The maximum absolute atomic E-state index is 11.4. The molecule has 1 unspecified atom stereocenters. The Labute approximate surface area is 84.2 Å². The highest BCUT2D eigenvalue weighted by Gasteiger charge is 2.20. The number of carbonyl (C=O) groups excluding carboxylic acids is 1. The van der Waals surface area contributed by atoms with Crippen molar-refractivity contribution in [3.63, 3.8) is 0 Å². The Morgan fingerprint density at radius 2 is 1.79 bits per heavy atom. The van der Waals surface area contributed by atoms with E-state index in [1.165, 1.54) is 0 Å². The molecule has 0 aromatic carbocycles. The maximum Gasteiger partial charge on any atom is 0.334 e. The summed E-state index contributed by atoms with van der Waals surface area (Å²) in [6.07, 6.45) is -2.09. The summed E-state index contributed by atoms with van der Waals surface area (Å²) in [5.41, 5.74) is 1.36. The van der Waals surface area contributed by atoms with Crippen molar-refractivity contribution in [2.24, 2.45) is 0 Å². The van der Waals surface area contributed by atoms with Crippen molar-refractivity contribution in [2.45, 2.75) is 46.5 Å². The number of aliphatic hydroxyl groups excluding tert-OH is 1. The van der Waals surface area contributed by atoms with Gasteiger partial charge in [-0.3, -0.25) is 0 Å². The van der Waals surface area contributed by atoms with E-state index in [0.29, 0.717) is 12.0 Å². The summed E-state index contributed by atoms with van der Waals surface area (Å²) < 4.78 is 4.89. The topological polar surface area (TPSA) is 66.8 Å². The third-order valence-electron chi connectivity index (χ3n) is 2.05. The molecule has 0 saturated heterocycles. The van der Waals surface area contributed by atoms with Crippen LogP contribution in [0.2, 0.25) is 0 Å².